The van der Waals surface area contributed by atoms with E-state index in [1.807, 2.05) is 0 Å². The van der Waals surface area contributed by atoms with Gasteiger partial charge in [-0.05, 0) is 30.3 Å². The number of hydrogen-bond acceptors (Lipinski definition) is 3. The van der Waals surface area contributed by atoms with E-state index in [1.165, 1.54) is 14.0 Å². The van der Waals surface area contributed by atoms with Crippen LogP contribution in [0.4, 0.5) is 18.9 Å². The van der Waals surface area contributed by atoms with Crippen molar-refractivity contribution in [1.82, 2.24) is 0 Å². The number of anilines is 1. The van der Waals surface area contributed by atoms with Gasteiger partial charge in [0.05, 0.1) is 18.4 Å². The molecule has 0 saturated carbocycles. The Morgan fingerprint density at radius 3 is 2.39 bits per heavy atom. The predicted molar refractivity (Wildman–Crippen MR) is 78.8 cm³/mol. The highest BCUT2D eigenvalue weighted by Gasteiger charge is 2.31. The summed E-state index contributed by atoms with van der Waals surface area (Å²) in [6.07, 6.45) is -4.51. The molecule has 122 valence electrons. The fourth-order valence-electron chi connectivity index (χ4n) is 1.87. The van der Waals surface area contributed by atoms with Crippen LogP contribution >= 0.6 is 0 Å². The lowest BCUT2D eigenvalue weighted by atomic mass is 10.1. The molecule has 1 amide bonds. The second kappa shape index (κ2) is 6.60. The van der Waals surface area contributed by atoms with Crippen LogP contribution in [0.5, 0.6) is 17.2 Å². The molecule has 0 spiro atoms. The van der Waals surface area contributed by atoms with Gasteiger partial charge in [0.1, 0.15) is 11.5 Å². The number of carbonyl (C=O) groups is 1. The summed E-state index contributed by atoms with van der Waals surface area (Å²) in [7, 11) is 1.49. The van der Waals surface area contributed by atoms with Crippen molar-refractivity contribution in [2.24, 2.45) is 0 Å². The van der Waals surface area contributed by atoms with Gasteiger partial charge in [-0.15, -0.1) is 0 Å². The molecule has 0 unspecified atom stereocenters. The van der Waals surface area contributed by atoms with E-state index in [9.17, 15) is 18.0 Å². The maximum atomic E-state index is 12.8. The molecular weight excluding hydrogens is 311 g/mol. The van der Waals surface area contributed by atoms with E-state index < -0.39 is 17.6 Å². The molecule has 0 bridgehead atoms. The van der Waals surface area contributed by atoms with Crippen molar-refractivity contribution in [1.29, 1.82) is 0 Å². The summed E-state index contributed by atoms with van der Waals surface area (Å²) in [4.78, 5) is 11.2. The molecular formula is C16H14F3NO3. The van der Waals surface area contributed by atoms with Gasteiger partial charge >= 0.3 is 6.18 Å². The lowest BCUT2D eigenvalue weighted by Gasteiger charge is -2.15. The minimum absolute atomic E-state index is 0.0601. The third kappa shape index (κ3) is 4.38. The van der Waals surface area contributed by atoms with E-state index in [-0.39, 0.29) is 11.4 Å². The Kier molecular flexibility index (Phi) is 4.78. The van der Waals surface area contributed by atoms with Gasteiger partial charge in [-0.2, -0.15) is 13.2 Å². The number of rotatable bonds is 4. The molecule has 0 saturated heterocycles. The van der Waals surface area contributed by atoms with E-state index >= 15 is 0 Å². The maximum absolute atomic E-state index is 12.8. The number of nitrogens with one attached hydrogen (secondary N) is 1. The van der Waals surface area contributed by atoms with Crippen molar-refractivity contribution < 1.29 is 27.4 Å². The summed E-state index contributed by atoms with van der Waals surface area (Å²) in [5.41, 5.74) is -0.936. The Labute approximate surface area is 130 Å². The third-order valence-electron chi connectivity index (χ3n) is 2.89. The van der Waals surface area contributed by atoms with Crippen LogP contribution in [0.1, 0.15) is 12.5 Å². The maximum Gasteiger partial charge on any atom is 0.416 e. The van der Waals surface area contributed by atoms with Crippen LogP contribution in [0, 0.1) is 0 Å². The Bertz CT molecular complexity index is 714. The zero-order valence-corrected chi connectivity index (χ0v) is 12.4. The average Bonchev–Trinajstić information content (AvgIpc) is 2.47. The number of ether oxygens (including phenoxy) is 2. The molecule has 2 aromatic carbocycles. The van der Waals surface area contributed by atoms with E-state index in [4.69, 9.17) is 9.47 Å². The molecule has 23 heavy (non-hydrogen) atoms. The van der Waals surface area contributed by atoms with E-state index in [2.05, 4.69) is 5.32 Å². The fraction of sp³-hybridized carbons (Fsp3) is 0.188. The minimum Gasteiger partial charge on any atom is -0.497 e. The Balaban J connectivity index is 2.38. The molecule has 0 heterocycles. The van der Waals surface area contributed by atoms with Gasteiger partial charge < -0.3 is 14.8 Å². The van der Waals surface area contributed by atoms with Gasteiger partial charge in [0.25, 0.3) is 0 Å². The van der Waals surface area contributed by atoms with Crippen LogP contribution in [0.2, 0.25) is 0 Å². The standard InChI is InChI=1S/C16H14F3NO3/c1-10(21)20-14-8-11(16(17,18)19)6-7-15(14)23-13-5-3-4-12(9-13)22-2/h3-9H,1-2H3,(H,20,21). The summed E-state index contributed by atoms with van der Waals surface area (Å²) in [6.45, 7) is 1.20. The molecule has 0 fully saturated rings. The van der Waals surface area contributed by atoms with Gasteiger partial charge in [-0.3, -0.25) is 4.79 Å². The van der Waals surface area contributed by atoms with Crippen LogP contribution in [0.25, 0.3) is 0 Å². The van der Waals surface area contributed by atoms with Gasteiger partial charge in [-0.1, -0.05) is 6.07 Å². The van der Waals surface area contributed by atoms with Gasteiger partial charge in [0, 0.05) is 13.0 Å². The lowest BCUT2D eigenvalue weighted by Crippen LogP contribution is -2.10. The molecule has 0 aliphatic carbocycles. The van der Waals surface area contributed by atoms with E-state index in [0.29, 0.717) is 11.5 Å². The minimum atomic E-state index is -4.51. The number of methoxy groups -OCH3 is 1. The van der Waals surface area contributed by atoms with Crippen molar-refractivity contribution in [2.45, 2.75) is 13.1 Å². The first-order valence-electron chi connectivity index (χ1n) is 6.60. The molecule has 7 heteroatoms. The molecule has 2 rings (SSSR count). The SMILES string of the molecule is COc1cccc(Oc2ccc(C(F)(F)F)cc2NC(C)=O)c1. The Morgan fingerprint density at radius 1 is 1.09 bits per heavy atom. The highest BCUT2D eigenvalue weighted by Crippen LogP contribution is 2.37. The lowest BCUT2D eigenvalue weighted by molar-refractivity contribution is -0.137. The van der Waals surface area contributed by atoms with Gasteiger partial charge in [0.15, 0.2) is 5.75 Å². The number of alkyl halides is 3. The topological polar surface area (TPSA) is 47.6 Å². The first-order chi connectivity index (χ1) is 10.8. The quantitative estimate of drug-likeness (QED) is 0.902. The molecule has 1 N–H and O–H groups in total. The van der Waals surface area contributed by atoms with Crippen molar-refractivity contribution in [3.05, 3.63) is 48.0 Å². The monoisotopic (exact) mass is 325 g/mol. The number of carbonyl (C=O) groups excluding carboxylic acids is 1. The normalized spacial score (nSPS) is 11.0. The fourth-order valence-corrected chi connectivity index (χ4v) is 1.87. The largest absolute Gasteiger partial charge is 0.497 e. The zero-order valence-electron chi connectivity index (χ0n) is 12.4. The molecule has 0 aliphatic heterocycles. The third-order valence-corrected chi connectivity index (χ3v) is 2.89. The molecule has 0 atom stereocenters. The molecule has 0 radical (unpaired) electrons. The summed E-state index contributed by atoms with van der Waals surface area (Å²) < 4.78 is 49.0. The number of amides is 1. The van der Waals surface area contributed by atoms with Crippen molar-refractivity contribution in [3.8, 4) is 17.2 Å². The van der Waals surface area contributed by atoms with Crippen LogP contribution in [-0.2, 0) is 11.0 Å². The smallest absolute Gasteiger partial charge is 0.416 e. The number of hydrogen-bond donors (Lipinski definition) is 1. The van der Waals surface area contributed by atoms with Crippen LogP contribution in [0.3, 0.4) is 0 Å². The first kappa shape index (κ1) is 16.7. The highest BCUT2D eigenvalue weighted by atomic mass is 19.4. The second-order valence-electron chi connectivity index (χ2n) is 4.67. The average molecular weight is 325 g/mol. The summed E-state index contributed by atoms with van der Waals surface area (Å²) in [5.74, 6) is 0.507. The summed E-state index contributed by atoms with van der Waals surface area (Å²) in [6, 6.07) is 9.46. The predicted octanol–water partition coefficient (Wildman–Crippen LogP) is 4.46. The van der Waals surface area contributed by atoms with E-state index in [1.54, 1.807) is 24.3 Å². The number of benzene rings is 2. The highest BCUT2D eigenvalue weighted by molar-refractivity contribution is 5.90. The summed E-state index contributed by atoms with van der Waals surface area (Å²) >= 11 is 0. The van der Waals surface area contributed by atoms with Crippen molar-refractivity contribution in [3.63, 3.8) is 0 Å². The number of halogens is 3. The summed E-state index contributed by atoms with van der Waals surface area (Å²) in [5, 5.41) is 2.34. The Morgan fingerprint density at radius 2 is 1.78 bits per heavy atom. The zero-order chi connectivity index (χ0) is 17.0. The molecule has 4 nitrogen and oxygen atoms in total. The molecule has 0 aromatic heterocycles. The Hall–Kier alpha value is -2.70. The van der Waals surface area contributed by atoms with Gasteiger partial charge in [0.2, 0.25) is 5.91 Å². The van der Waals surface area contributed by atoms with E-state index in [0.717, 1.165) is 18.2 Å². The second-order valence-corrected chi connectivity index (χ2v) is 4.67. The van der Waals surface area contributed by atoms with Crippen molar-refractivity contribution >= 4 is 11.6 Å². The van der Waals surface area contributed by atoms with Gasteiger partial charge in [-0.25, -0.2) is 0 Å². The van der Waals surface area contributed by atoms with Crippen molar-refractivity contribution in [2.75, 3.05) is 12.4 Å². The van der Waals surface area contributed by atoms with Crippen LogP contribution in [-0.4, -0.2) is 13.0 Å². The van der Waals surface area contributed by atoms with Crippen LogP contribution < -0.4 is 14.8 Å². The van der Waals surface area contributed by atoms with Crippen LogP contribution in [0.15, 0.2) is 42.5 Å². The molecule has 0 aliphatic rings. The molecule has 2 aromatic rings. The first-order valence-corrected chi connectivity index (χ1v) is 6.60.